The van der Waals surface area contributed by atoms with E-state index in [4.69, 9.17) is 0 Å². The Balaban J connectivity index is 1.93. The summed E-state index contributed by atoms with van der Waals surface area (Å²) in [6, 6.07) is 8.39. The summed E-state index contributed by atoms with van der Waals surface area (Å²) in [6.45, 7) is 2.19. The zero-order valence-electron chi connectivity index (χ0n) is 9.65. The molecule has 4 heteroatoms. The summed E-state index contributed by atoms with van der Waals surface area (Å²) in [7, 11) is 0. The fourth-order valence-electron chi connectivity index (χ4n) is 1.49. The van der Waals surface area contributed by atoms with Crippen LogP contribution in [-0.4, -0.2) is 4.98 Å². The lowest BCUT2D eigenvalue weighted by Gasteiger charge is -1.99. The molecule has 0 unspecified atom stereocenters. The second-order valence-electron chi connectivity index (χ2n) is 3.73. The van der Waals surface area contributed by atoms with Crippen LogP contribution in [0.4, 0.5) is 0 Å². The van der Waals surface area contributed by atoms with Gasteiger partial charge in [0.05, 0.1) is 11.4 Å². The molecule has 0 fully saturated rings. The highest BCUT2D eigenvalue weighted by Gasteiger charge is 2.02. The maximum absolute atomic E-state index is 4.62. The van der Waals surface area contributed by atoms with Gasteiger partial charge in [-0.1, -0.05) is 35.3 Å². The van der Waals surface area contributed by atoms with Gasteiger partial charge in [0.2, 0.25) is 0 Å². The number of rotatable bonds is 5. The Morgan fingerprint density at radius 2 is 2.29 bits per heavy atom. The van der Waals surface area contributed by atoms with Crippen LogP contribution in [0.15, 0.2) is 39.0 Å². The monoisotopic (exact) mass is 327 g/mol. The van der Waals surface area contributed by atoms with Gasteiger partial charge in [-0.3, -0.25) is 0 Å². The second kappa shape index (κ2) is 6.57. The predicted octanol–water partition coefficient (Wildman–Crippen LogP) is 5.15. The molecule has 0 amide bonds. The van der Waals surface area contributed by atoms with Crippen LogP contribution in [0.2, 0.25) is 0 Å². The third kappa shape index (κ3) is 4.12. The van der Waals surface area contributed by atoms with E-state index in [9.17, 15) is 0 Å². The molecule has 1 nitrogen and oxygen atoms in total. The van der Waals surface area contributed by atoms with Gasteiger partial charge in [0, 0.05) is 14.7 Å². The second-order valence-corrected chi connectivity index (χ2v) is 6.64. The maximum Gasteiger partial charge on any atom is 0.103 e. The number of thiazole rings is 1. The first-order valence-electron chi connectivity index (χ1n) is 5.59. The van der Waals surface area contributed by atoms with Gasteiger partial charge in [0.1, 0.15) is 5.01 Å². The van der Waals surface area contributed by atoms with Crippen molar-refractivity contribution in [1.29, 1.82) is 0 Å². The van der Waals surface area contributed by atoms with Crippen molar-refractivity contribution < 1.29 is 0 Å². The largest absolute Gasteiger partial charge is 0.245 e. The zero-order valence-corrected chi connectivity index (χ0v) is 12.9. The Hall–Kier alpha value is -0.320. The lowest BCUT2D eigenvalue weighted by molar-refractivity contribution is 0.887. The third-order valence-corrected chi connectivity index (χ3v) is 4.84. The van der Waals surface area contributed by atoms with Crippen molar-refractivity contribution in [3.63, 3.8) is 0 Å². The quantitative estimate of drug-likeness (QED) is 0.704. The Bertz CT molecular complexity index is 482. The summed E-state index contributed by atoms with van der Waals surface area (Å²) in [5.74, 6) is 0.963. The summed E-state index contributed by atoms with van der Waals surface area (Å²) in [4.78, 5) is 5.91. The number of aromatic nitrogens is 1. The van der Waals surface area contributed by atoms with E-state index in [-0.39, 0.29) is 0 Å². The smallest absolute Gasteiger partial charge is 0.103 e. The molecule has 0 bridgehead atoms. The van der Waals surface area contributed by atoms with Crippen LogP contribution in [0.1, 0.15) is 24.0 Å². The molecule has 17 heavy (non-hydrogen) atoms. The third-order valence-electron chi connectivity index (χ3n) is 2.26. The lowest BCUT2D eigenvalue weighted by atomic mass is 10.3. The Kier molecular flexibility index (Phi) is 5.07. The SMILES string of the molecule is CCCc1csc(CSc2cccc(Br)c2)n1. The van der Waals surface area contributed by atoms with Crippen molar-refractivity contribution in [2.75, 3.05) is 0 Å². The minimum atomic E-state index is 0.963. The van der Waals surface area contributed by atoms with Crippen molar-refractivity contribution in [1.82, 2.24) is 4.98 Å². The van der Waals surface area contributed by atoms with Gasteiger partial charge in [-0.15, -0.1) is 23.1 Å². The van der Waals surface area contributed by atoms with E-state index in [0.29, 0.717) is 0 Å². The van der Waals surface area contributed by atoms with Gasteiger partial charge in [-0.2, -0.15) is 0 Å². The van der Waals surface area contributed by atoms with Gasteiger partial charge < -0.3 is 0 Å². The summed E-state index contributed by atoms with van der Waals surface area (Å²) < 4.78 is 1.13. The Labute approximate surface area is 119 Å². The number of hydrogen-bond donors (Lipinski definition) is 0. The summed E-state index contributed by atoms with van der Waals surface area (Å²) in [6.07, 6.45) is 2.26. The topological polar surface area (TPSA) is 12.9 Å². The standard InChI is InChI=1S/C13H14BrNS2/c1-2-4-11-8-17-13(15-11)9-16-12-6-3-5-10(14)7-12/h3,5-8H,2,4,9H2,1H3. The van der Waals surface area contributed by atoms with Crippen LogP contribution in [0.25, 0.3) is 0 Å². The van der Waals surface area contributed by atoms with Crippen molar-refractivity contribution in [2.24, 2.45) is 0 Å². The number of benzene rings is 1. The molecule has 0 radical (unpaired) electrons. The van der Waals surface area contributed by atoms with Crippen LogP contribution in [0.5, 0.6) is 0 Å². The zero-order chi connectivity index (χ0) is 12.1. The number of aryl methyl sites for hydroxylation is 1. The first-order chi connectivity index (χ1) is 8.28. The predicted molar refractivity (Wildman–Crippen MR) is 79.8 cm³/mol. The molecule has 0 aliphatic rings. The molecule has 2 rings (SSSR count). The lowest BCUT2D eigenvalue weighted by Crippen LogP contribution is -1.84. The Morgan fingerprint density at radius 3 is 3.06 bits per heavy atom. The van der Waals surface area contributed by atoms with E-state index in [2.05, 4.69) is 51.4 Å². The number of hydrogen-bond acceptors (Lipinski definition) is 3. The fraction of sp³-hybridized carbons (Fsp3) is 0.308. The molecule has 90 valence electrons. The maximum atomic E-state index is 4.62. The molecule has 2 aromatic rings. The molecule has 0 saturated carbocycles. The Morgan fingerprint density at radius 1 is 1.41 bits per heavy atom. The highest BCUT2D eigenvalue weighted by Crippen LogP contribution is 2.26. The first-order valence-corrected chi connectivity index (χ1v) is 8.25. The van der Waals surface area contributed by atoms with E-state index in [1.807, 2.05) is 17.8 Å². The minimum Gasteiger partial charge on any atom is -0.245 e. The molecular formula is C13H14BrNS2. The number of halogens is 1. The van der Waals surface area contributed by atoms with E-state index >= 15 is 0 Å². The average Bonchev–Trinajstić information content (AvgIpc) is 2.75. The van der Waals surface area contributed by atoms with Crippen LogP contribution >= 0.6 is 39.0 Å². The van der Waals surface area contributed by atoms with E-state index in [0.717, 1.165) is 16.6 Å². The normalized spacial score (nSPS) is 10.7. The highest BCUT2D eigenvalue weighted by atomic mass is 79.9. The molecular weight excluding hydrogens is 314 g/mol. The molecule has 1 aromatic carbocycles. The average molecular weight is 328 g/mol. The van der Waals surface area contributed by atoms with Gasteiger partial charge >= 0.3 is 0 Å². The first kappa shape index (κ1) is 13.1. The summed E-state index contributed by atoms with van der Waals surface area (Å²) in [5.41, 5.74) is 1.24. The van der Waals surface area contributed by atoms with Crippen LogP contribution in [0, 0.1) is 0 Å². The molecule has 0 saturated heterocycles. The van der Waals surface area contributed by atoms with Gasteiger partial charge in [0.25, 0.3) is 0 Å². The molecule has 1 heterocycles. The van der Waals surface area contributed by atoms with Crippen molar-refractivity contribution in [3.8, 4) is 0 Å². The molecule has 0 atom stereocenters. The molecule has 0 spiro atoms. The van der Waals surface area contributed by atoms with Crippen LogP contribution < -0.4 is 0 Å². The van der Waals surface area contributed by atoms with E-state index in [1.165, 1.54) is 22.0 Å². The summed E-state index contributed by atoms with van der Waals surface area (Å²) >= 11 is 7.09. The van der Waals surface area contributed by atoms with E-state index in [1.54, 1.807) is 11.3 Å². The van der Waals surface area contributed by atoms with Crippen molar-refractivity contribution >= 4 is 39.0 Å². The van der Waals surface area contributed by atoms with Crippen molar-refractivity contribution in [3.05, 3.63) is 44.8 Å². The van der Waals surface area contributed by atoms with E-state index < -0.39 is 0 Å². The highest BCUT2D eigenvalue weighted by molar-refractivity contribution is 9.10. The van der Waals surface area contributed by atoms with Crippen LogP contribution in [0.3, 0.4) is 0 Å². The molecule has 0 N–H and O–H groups in total. The van der Waals surface area contributed by atoms with Gasteiger partial charge in [-0.05, 0) is 24.6 Å². The van der Waals surface area contributed by atoms with Gasteiger partial charge in [-0.25, -0.2) is 4.98 Å². The fourth-order valence-corrected chi connectivity index (χ4v) is 3.84. The van der Waals surface area contributed by atoms with Crippen molar-refractivity contribution in [2.45, 2.75) is 30.4 Å². The molecule has 0 aliphatic carbocycles. The number of nitrogens with zero attached hydrogens (tertiary/aromatic N) is 1. The van der Waals surface area contributed by atoms with Crippen LogP contribution in [-0.2, 0) is 12.2 Å². The van der Waals surface area contributed by atoms with Gasteiger partial charge in [0.15, 0.2) is 0 Å². The minimum absolute atomic E-state index is 0.963. The number of thioether (sulfide) groups is 1. The molecule has 1 aromatic heterocycles. The summed E-state index contributed by atoms with van der Waals surface area (Å²) in [5, 5.41) is 3.40. The molecule has 0 aliphatic heterocycles.